The number of hydrogen-bond acceptors (Lipinski definition) is 5. The molecule has 2 N–H and O–H groups in total. The minimum atomic E-state index is -3.53. The summed E-state index contributed by atoms with van der Waals surface area (Å²) in [4.78, 5) is 24.7. The van der Waals surface area contributed by atoms with E-state index in [2.05, 4.69) is 5.32 Å². The summed E-state index contributed by atoms with van der Waals surface area (Å²) in [6.07, 6.45) is 0.584. The summed E-state index contributed by atoms with van der Waals surface area (Å²) in [5, 5.41) is 13.6. The van der Waals surface area contributed by atoms with E-state index in [0.717, 1.165) is 11.1 Å². The second-order valence-corrected chi connectivity index (χ2v) is 14.5. The molecule has 2 aromatic rings. The lowest BCUT2D eigenvalue weighted by atomic mass is 9.71. The van der Waals surface area contributed by atoms with Crippen molar-refractivity contribution >= 4 is 44.9 Å². The number of hydrogen-bond donors (Lipinski definition) is 2. The summed E-state index contributed by atoms with van der Waals surface area (Å²) in [7, 11) is -3.53. The molecule has 5 unspecified atom stereocenters. The molecule has 1 amide bonds. The van der Waals surface area contributed by atoms with Crippen LogP contribution in [0.3, 0.4) is 0 Å². The summed E-state index contributed by atoms with van der Waals surface area (Å²) in [5.74, 6) is -3.11. The van der Waals surface area contributed by atoms with Crippen molar-refractivity contribution in [2.45, 2.75) is 45.1 Å². The first kappa shape index (κ1) is 29.8. The summed E-state index contributed by atoms with van der Waals surface area (Å²) >= 11 is 12.4. The number of rotatable bonds is 11. The molecule has 2 heterocycles. The third-order valence-corrected chi connectivity index (χ3v) is 10.4. The fourth-order valence-corrected chi connectivity index (χ4v) is 8.79. The van der Waals surface area contributed by atoms with Gasteiger partial charge in [0.1, 0.15) is 0 Å². The maximum atomic E-state index is 13.6. The number of aliphatic carboxylic acids is 1. The number of sulfone groups is 1. The number of benzene rings is 2. The number of piperidine rings is 1. The van der Waals surface area contributed by atoms with E-state index in [-0.39, 0.29) is 35.7 Å². The van der Waals surface area contributed by atoms with Gasteiger partial charge in [0.15, 0.2) is 9.84 Å². The molecule has 212 valence electrons. The van der Waals surface area contributed by atoms with E-state index < -0.39 is 39.1 Å². The molecule has 7 nitrogen and oxygen atoms in total. The standard InChI is InChI=1S/C29H35Cl2NO6S/c1-18(10-19-6-8-22(30)9-7-19)25(14-39(36,37)17-29(2)15-38-16-29)27-24(20-4-3-5-23(31)11-20)12-21(13-26(33)34)28(35)32-27/h3-9,11,18,21,24-25,27H,10,12-17H2,1-2H3,(H,32,35)(H,33,34). The Morgan fingerprint density at radius 1 is 1.15 bits per heavy atom. The zero-order valence-corrected chi connectivity index (χ0v) is 24.4. The Balaban J connectivity index is 1.70. The summed E-state index contributed by atoms with van der Waals surface area (Å²) < 4.78 is 32.5. The van der Waals surface area contributed by atoms with Crippen LogP contribution in [-0.4, -0.2) is 56.2 Å². The lowest BCUT2D eigenvalue weighted by Gasteiger charge is -2.43. The molecule has 2 fully saturated rings. The summed E-state index contributed by atoms with van der Waals surface area (Å²) in [6, 6.07) is 14.2. The van der Waals surface area contributed by atoms with Crippen LogP contribution in [0.2, 0.25) is 10.0 Å². The quantitative estimate of drug-likeness (QED) is 0.378. The highest BCUT2D eigenvalue weighted by molar-refractivity contribution is 7.91. The molecule has 2 aromatic carbocycles. The predicted molar refractivity (Wildman–Crippen MR) is 152 cm³/mol. The number of carboxylic acid groups (broad SMARTS) is 1. The molecule has 2 aliphatic heterocycles. The van der Waals surface area contributed by atoms with Gasteiger partial charge >= 0.3 is 5.97 Å². The van der Waals surface area contributed by atoms with E-state index in [1.54, 1.807) is 18.2 Å². The third-order valence-electron chi connectivity index (χ3n) is 7.93. The monoisotopic (exact) mass is 595 g/mol. The maximum Gasteiger partial charge on any atom is 0.304 e. The van der Waals surface area contributed by atoms with Crippen molar-refractivity contribution in [2.24, 2.45) is 23.2 Å². The van der Waals surface area contributed by atoms with E-state index in [1.165, 1.54) is 0 Å². The van der Waals surface area contributed by atoms with Gasteiger partial charge in [-0.2, -0.15) is 0 Å². The maximum absolute atomic E-state index is 13.6. The fourth-order valence-electron chi connectivity index (χ4n) is 6.00. The normalized spacial score (nSPS) is 24.3. The zero-order chi connectivity index (χ0) is 28.4. The SMILES string of the molecule is CC(Cc1ccc(Cl)cc1)C(CS(=O)(=O)CC1(C)COC1)C1NC(=O)C(CC(=O)O)CC1c1cccc(Cl)c1. The topological polar surface area (TPSA) is 110 Å². The van der Waals surface area contributed by atoms with Crippen molar-refractivity contribution in [3.63, 3.8) is 0 Å². The largest absolute Gasteiger partial charge is 0.481 e. The molecule has 2 saturated heterocycles. The zero-order valence-electron chi connectivity index (χ0n) is 22.1. The number of amides is 1. The van der Waals surface area contributed by atoms with Crippen LogP contribution in [0.15, 0.2) is 48.5 Å². The van der Waals surface area contributed by atoms with Crippen molar-refractivity contribution in [2.75, 3.05) is 24.7 Å². The van der Waals surface area contributed by atoms with E-state index >= 15 is 0 Å². The molecule has 0 aromatic heterocycles. The molecule has 0 saturated carbocycles. The molecule has 0 aliphatic carbocycles. The number of carbonyl (C=O) groups is 2. The first-order valence-corrected chi connectivity index (χ1v) is 15.7. The third kappa shape index (κ3) is 7.75. The van der Waals surface area contributed by atoms with Gasteiger partial charge in [-0.3, -0.25) is 9.59 Å². The van der Waals surface area contributed by atoms with Gasteiger partial charge in [-0.1, -0.05) is 61.3 Å². The predicted octanol–water partition coefficient (Wildman–Crippen LogP) is 5.00. The van der Waals surface area contributed by atoms with Gasteiger partial charge in [0, 0.05) is 33.3 Å². The van der Waals surface area contributed by atoms with Gasteiger partial charge in [0.2, 0.25) is 5.91 Å². The lowest BCUT2D eigenvalue weighted by molar-refractivity contribution is -0.142. The van der Waals surface area contributed by atoms with Crippen LogP contribution in [0.5, 0.6) is 0 Å². The van der Waals surface area contributed by atoms with Gasteiger partial charge < -0.3 is 15.2 Å². The average Bonchev–Trinajstić information content (AvgIpc) is 2.83. The van der Waals surface area contributed by atoms with Crippen LogP contribution >= 0.6 is 23.2 Å². The van der Waals surface area contributed by atoms with Gasteiger partial charge in [0.05, 0.1) is 31.1 Å². The smallest absolute Gasteiger partial charge is 0.304 e. The second kappa shape index (κ2) is 12.2. The van der Waals surface area contributed by atoms with Crippen molar-refractivity contribution in [3.05, 3.63) is 69.7 Å². The fraction of sp³-hybridized carbons (Fsp3) is 0.517. The van der Waals surface area contributed by atoms with Crippen molar-refractivity contribution in [3.8, 4) is 0 Å². The van der Waals surface area contributed by atoms with E-state index in [9.17, 15) is 23.1 Å². The molecule has 0 radical (unpaired) electrons. The lowest BCUT2D eigenvalue weighted by Crippen LogP contribution is -2.55. The van der Waals surface area contributed by atoms with Gasteiger partial charge in [-0.25, -0.2) is 8.42 Å². The number of halogens is 2. The van der Waals surface area contributed by atoms with Crippen LogP contribution in [0.4, 0.5) is 0 Å². The first-order chi connectivity index (χ1) is 18.3. The molecule has 10 heteroatoms. The Kier molecular flexibility index (Phi) is 9.31. The Hall–Kier alpha value is -2.13. The van der Waals surface area contributed by atoms with Crippen molar-refractivity contribution in [1.29, 1.82) is 0 Å². The van der Waals surface area contributed by atoms with E-state index in [1.807, 2.05) is 44.2 Å². The van der Waals surface area contributed by atoms with E-state index in [0.29, 0.717) is 36.1 Å². The molecule has 4 rings (SSSR count). The molecule has 5 atom stereocenters. The average molecular weight is 597 g/mol. The van der Waals surface area contributed by atoms with Crippen molar-refractivity contribution in [1.82, 2.24) is 5.32 Å². The van der Waals surface area contributed by atoms with Gasteiger partial charge in [0.25, 0.3) is 0 Å². The Morgan fingerprint density at radius 2 is 1.85 bits per heavy atom. The van der Waals surface area contributed by atoms with Crippen molar-refractivity contribution < 1.29 is 27.9 Å². The number of nitrogens with one attached hydrogen (secondary N) is 1. The Labute approximate surface area is 240 Å². The Morgan fingerprint density at radius 3 is 2.44 bits per heavy atom. The Bertz CT molecular complexity index is 1300. The number of carbonyl (C=O) groups excluding carboxylic acids is 1. The molecule has 0 spiro atoms. The highest BCUT2D eigenvalue weighted by Gasteiger charge is 2.45. The van der Waals surface area contributed by atoms with Gasteiger partial charge in [-0.15, -0.1) is 0 Å². The molecular weight excluding hydrogens is 561 g/mol. The molecule has 0 bridgehead atoms. The van der Waals surface area contributed by atoms with E-state index in [4.69, 9.17) is 27.9 Å². The molecule has 2 aliphatic rings. The van der Waals surface area contributed by atoms with Gasteiger partial charge in [-0.05, 0) is 60.1 Å². The van der Waals surface area contributed by atoms with Crippen LogP contribution in [-0.2, 0) is 30.6 Å². The number of ether oxygens (including phenoxy) is 1. The van der Waals surface area contributed by atoms with Crippen LogP contribution < -0.4 is 5.32 Å². The molecular formula is C29H35Cl2NO6S. The van der Waals surface area contributed by atoms with Crippen LogP contribution in [0, 0.1) is 23.2 Å². The minimum absolute atomic E-state index is 0.00824. The van der Waals surface area contributed by atoms with Crippen LogP contribution in [0.1, 0.15) is 43.7 Å². The summed E-state index contributed by atoms with van der Waals surface area (Å²) in [5.41, 5.74) is 1.44. The first-order valence-electron chi connectivity index (χ1n) is 13.1. The number of carboxylic acids is 1. The van der Waals surface area contributed by atoms with Crippen LogP contribution in [0.25, 0.3) is 0 Å². The second-order valence-electron chi connectivity index (χ2n) is 11.6. The summed E-state index contributed by atoms with van der Waals surface area (Å²) in [6.45, 7) is 4.72. The minimum Gasteiger partial charge on any atom is -0.481 e. The highest BCUT2D eigenvalue weighted by Crippen LogP contribution is 2.40. The highest BCUT2D eigenvalue weighted by atomic mass is 35.5. The molecule has 39 heavy (non-hydrogen) atoms.